The number of amides is 1. The van der Waals surface area contributed by atoms with Crippen molar-refractivity contribution in [3.63, 3.8) is 0 Å². The molecule has 120 valence electrons. The van der Waals surface area contributed by atoms with E-state index >= 15 is 0 Å². The van der Waals surface area contributed by atoms with Crippen LogP contribution in [0.5, 0.6) is 5.75 Å². The first-order valence-electron chi connectivity index (χ1n) is 7.31. The number of carbonyl (C=O) groups excluding carboxylic acids is 2. The summed E-state index contributed by atoms with van der Waals surface area (Å²) in [5.74, 6) is -0.494. The number of para-hydroxylation sites is 1. The summed E-state index contributed by atoms with van der Waals surface area (Å²) in [4.78, 5) is 23.6. The van der Waals surface area contributed by atoms with Gasteiger partial charge in [-0.15, -0.1) is 0 Å². The van der Waals surface area contributed by atoms with Crippen molar-refractivity contribution in [2.24, 2.45) is 0 Å². The molecule has 0 radical (unpaired) electrons. The predicted octanol–water partition coefficient (Wildman–Crippen LogP) is 2.21. The zero-order valence-corrected chi connectivity index (χ0v) is 13.0. The molecule has 5 nitrogen and oxygen atoms in total. The van der Waals surface area contributed by atoms with Crippen molar-refractivity contribution < 1.29 is 19.1 Å². The largest absolute Gasteiger partial charge is 0.496 e. The first kappa shape index (κ1) is 16.5. The lowest BCUT2D eigenvalue weighted by atomic mass is 10.1. The van der Waals surface area contributed by atoms with Crippen LogP contribution in [0, 0.1) is 0 Å². The van der Waals surface area contributed by atoms with Crippen LogP contribution in [0.4, 0.5) is 0 Å². The van der Waals surface area contributed by atoms with Crippen LogP contribution in [0.3, 0.4) is 0 Å². The molecule has 0 aliphatic rings. The number of esters is 1. The van der Waals surface area contributed by atoms with Gasteiger partial charge in [-0.05, 0) is 24.1 Å². The molecule has 5 heteroatoms. The highest BCUT2D eigenvalue weighted by Gasteiger charge is 2.14. The number of carbonyl (C=O) groups is 2. The Morgan fingerprint density at radius 2 is 1.70 bits per heavy atom. The third kappa shape index (κ3) is 5.14. The van der Waals surface area contributed by atoms with Crippen molar-refractivity contribution in [3.8, 4) is 5.75 Å². The molecule has 0 heterocycles. The Balaban J connectivity index is 1.74. The number of rotatable bonds is 7. The molecule has 0 unspecified atom stereocenters. The topological polar surface area (TPSA) is 64.6 Å². The average molecular weight is 313 g/mol. The molecular weight excluding hydrogens is 294 g/mol. The van der Waals surface area contributed by atoms with E-state index in [1.165, 1.54) is 7.11 Å². The van der Waals surface area contributed by atoms with Gasteiger partial charge in [0.25, 0.3) is 5.91 Å². The maximum absolute atomic E-state index is 11.9. The Hall–Kier alpha value is -2.82. The maximum Gasteiger partial charge on any atom is 0.342 e. The highest BCUT2D eigenvalue weighted by molar-refractivity contribution is 5.93. The summed E-state index contributed by atoms with van der Waals surface area (Å²) in [6.07, 6.45) is 0.729. The molecule has 0 aliphatic carbocycles. The number of methoxy groups -OCH3 is 1. The van der Waals surface area contributed by atoms with Gasteiger partial charge in [0.15, 0.2) is 6.61 Å². The monoisotopic (exact) mass is 313 g/mol. The number of ether oxygens (including phenoxy) is 2. The van der Waals surface area contributed by atoms with E-state index in [-0.39, 0.29) is 12.5 Å². The molecule has 1 N–H and O–H groups in total. The molecule has 23 heavy (non-hydrogen) atoms. The summed E-state index contributed by atoms with van der Waals surface area (Å²) in [5, 5.41) is 2.72. The minimum absolute atomic E-state index is 0.298. The molecule has 2 rings (SSSR count). The van der Waals surface area contributed by atoms with E-state index in [1.807, 2.05) is 30.3 Å². The molecule has 0 fully saturated rings. The number of hydrogen-bond acceptors (Lipinski definition) is 4. The van der Waals surface area contributed by atoms with Gasteiger partial charge in [0.1, 0.15) is 11.3 Å². The van der Waals surface area contributed by atoms with Gasteiger partial charge in [-0.1, -0.05) is 42.5 Å². The SMILES string of the molecule is COc1ccccc1C(=O)OCC(=O)NCCc1ccccc1. The van der Waals surface area contributed by atoms with Crippen LogP contribution >= 0.6 is 0 Å². The third-order valence-electron chi connectivity index (χ3n) is 3.24. The van der Waals surface area contributed by atoms with Crippen molar-refractivity contribution in [1.29, 1.82) is 0 Å². The lowest BCUT2D eigenvalue weighted by Crippen LogP contribution is -2.30. The fourth-order valence-electron chi connectivity index (χ4n) is 2.06. The van der Waals surface area contributed by atoms with Crippen molar-refractivity contribution >= 4 is 11.9 Å². The Bertz CT molecular complexity index is 655. The first-order chi connectivity index (χ1) is 11.2. The lowest BCUT2D eigenvalue weighted by molar-refractivity contribution is -0.124. The van der Waals surface area contributed by atoms with Gasteiger partial charge in [-0.25, -0.2) is 4.79 Å². The fourth-order valence-corrected chi connectivity index (χ4v) is 2.06. The fraction of sp³-hybridized carbons (Fsp3) is 0.222. The van der Waals surface area contributed by atoms with E-state index in [1.54, 1.807) is 24.3 Å². The molecule has 0 aliphatic heterocycles. The van der Waals surface area contributed by atoms with E-state index in [2.05, 4.69) is 5.32 Å². The van der Waals surface area contributed by atoms with Crippen molar-refractivity contribution in [2.45, 2.75) is 6.42 Å². The first-order valence-corrected chi connectivity index (χ1v) is 7.31. The van der Waals surface area contributed by atoms with Crippen LogP contribution in [0.2, 0.25) is 0 Å². The molecule has 0 aromatic heterocycles. The van der Waals surface area contributed by atoms with Crippen LogP contribution in [-0.2, 0) is 16.0 Å². The Labute approximate surface area is 135 Å². The van der Waals surface area contributed by atoms with E-state index in [4.69, 9.17) is 9.47 Å². The van der Waals surface area contributed by atoms with Crippen molar-refractivity contribution in [2.75, 3.05) is 20.3 Å². The van der Waals surface area contributed by atoms with Crippen LogP contribution in [0.1, 0.15) is 15.9 Å². The highest BCUT2D eigenvalue weighted by atomic mass is 16.5. The summed E-state index contributed by atoms with van der Waals surface area (Å²) >= 11 is 0. The summed E-state index contributed by atoms with van der Waals surface area (Å²) in [6, 6.07) is 16.6. The minimum Gasteiger partial charge on any atom is -0.496 e. The van der Waals surface area contributed by atoms with Gasteiger partial charge in [0, 0.05) is 6.54 Å². The normalized spacial score (nSPS) is 9.96. The van der Waals surface area contributed by atoms with E-state index in [0.717, 1.165) is 12.0 Å². The number of hydrogen-bond donors (Lipinski definition) is 1. The second-order valence-electron chi connectivity index (χ2n) is 4.86. The van der Waals surface area contributed by atoms with Crippen molar-refractivity contribution in [3.05, 3.63) is 65.7 Å². The number of benzene rings is 2. The Kier molecular flexibility index (Phi) is 6.17. The average Bonchev–Trinajstić information content (AvgIpc) is 2.60. The molecule has 2 aromatic rings. The minimum atomic E-state index is -0.583. The van der Waals surface area contributed by atoms with Crippen molar-refractivity contribution in [1.82, 2.24) is 5.32 Å². The van der Waals surface area contributed by atoms with Crippen LogP contribution in [0.25, 0.3) is 0 Å². The van der Waals surface area contributed by atoms with Gasteiger partial charge in [-0.3, -0.25) is 4.79 Å². The molecule has 0 saturated carbocycles. The van der Waals surface area contributed by atoms with Gasteiger partial charge in [-0.2, -0.15) is 0 Å². The molecular formula is C18H19NO4. The highest BCUT2D eigenvalue weighted by Crippen LogP contribution is 2.17. The second kappa shape index (κ2) is 8.58. The summed E-state index contributed by atoms with van der Waals surface area (Å²) in [5.41, 5.74) is 1.44. The third-order valence-corrected chi connectivity index (χ3v) is 3.24. The summed E-state index contributed by atoms with van der Waals surface area (Å²) in [7, 11) is 1.47. The predicted molar refractivity (Wildman–Crippen MR) is 86.4 cm³/mol. The van der Waals surface area contributed by atoms with E-state index in [9.17, 15) is 9.59 Å². The molecule has 2 aromatic carbocycles. The molecule has 0 atom stereocenters. The molecule has 0 saturated heterocycles. The molecule has 0 spiro atoms. The zero-order chi connectivity index (χ0) is 16.5. The maximum atomic E-state index is 11.9. The number of nitrogens with one attached hydrogen (secondary N) is 1. The van der Waals surface area contributed by atoms with Crippen LogP contribution in [-0.4, -0.2) is 32.1 Å². The Morgan fingerprint density at radius 1 is 1.00 bits per heavy atom. The van der Waals surface area contributed by atoms with Crippen LogP contribution < -0.4 is 10.1 Å². The van der Waals surface area contributed by atoms with E-state index < -0.39 is 5.97 Å². The summed E-state index contributed by atoms with van der Waals surface area (Å²) in [6.45, 7) is 0.181. The second-order valence-corrected chi connectivity index (χ2v) is 4.86. The van der Waals surface area contributed by atoms with Crippen LogP contribution in [0.15, 0.2) is 54.6 Å². The van der Waals surface area contributed by atoms with Gasteiger partial charge < -0.3 is 14.8 Å². The van der Waals surface area contributed by atoms with E-state index in [0.29, 0.717) is 17.9 Å². The van der Waals surface area contributed by atoms with Gasteiger partial charge in [0.2, 0.25) is 0 Å². The lowest BCUT2D eigenvalue weighted by Gasteiger charge is -2.09. The Morgan fingerprint density at radius 3 is 2.43 bits per heavy atom. The quantitative estimate of drug-likeness (QED) is 0.796. The smallest absolute Gasteiger partial charge is 0.342 e. The van der Waals surface area contributed by atoms with Gasteiger partial charge >= 0.3 is 5.97 Å². The standard InChI is InChI=1S/C18H19NO4/c1-22-16-10-6-5-9-15(16)18(21)23-13-17(20)19-12-11-14-7-3-2-4-8-14/h2-10H,11-13H2,1H3,(H,19,20). The molecule has 0 bridgehead atoms. The molecule has 1 amide bonds. The zero-order valence-electron chi connectivity index (χ0n) is 13.0. The van der Waals surface area contributed by atoms with Gasteiger partial charge in [0.05, 0.1) is 7.11 Å². The summed E-state index contributed by atoms with van der Waals surface area (Å²) < 4.78 is 10.1.